The molecule has 0 saturated heterocycles. The highest BCUT2D eigenvalue weighted by atomic mass is 28.3. The summed E-state index contributed by atoms with van der Waals surface area (Å²) in [4.78, 5) is 2.57. The van der Waals surface area contributed by atoms with Crippen LogP contribution in [0.3, 0.4) is 0 Å². The smallest absolute Gasteiger partial charge is 0.179 e. The number of hydrogen-bond donors (Lipinski definition) is 1. The molecule has 1 unspecified atom stereocenters. The summed E-state index contributed by atoms with van der Waals surface area (Å²) in [5, 5.41) is 9.54. The van der Waals surface area contributed by atoms with Gasteiger partial charge in [-0.3, -0.25) is 0 Å². The number of anilines is 1. The first-order valence-electron chi connectivity index (χ1n) is 14.9. The van der Waals surface area contributed by atoms with Crippen LogP contribution in [0, 0.1) is 0 Å². The van der Waals surface area contributed by atoms with Crippen LogP contribution in [0.4, 0.5) is 5.69 Å². The zero-order valence-corrected chi connectivity index (χ0v) is 28.3. The summed E-state index contributed by atoms with van der Waals surface area (Å²) in [7, 11) is -1.63. The van der Waals surface area contributed by atoms with E-state index < -0.39 is 9.04 Å². The summed E-state index contributed by atoms with van der Waals surface area (Å²) in [6.45, 7) is 24.8. The van der Waals surface area contributed by atoms with Crippen LogP contribution in [0.1, 0.15) is 119 Å². The van der Waals surface area contributed by atoms with Crippen molar-refractivity contribution >= 4 is 24.2 Å². The molecule has 0 radical (unpaired) electrons. The fourth-order valence-corrected chi connectivity index (χ4v) is 9.66. The summed E-state index contributed by atoms with van der Waals surface area (Å²) < 4.78 is 6.73. The van der Waals surface area contributed by atoms with Gasteiger partial charge in [-0.25, -0.2) is 0 Å². The van der Waals surface area contributed by atoms with Gasteiger partial charge in [0.05, 0.1) is 9.52 Å². The van der Waals surface area contributed by atoms with Crippen molar-refractivity contribution in [3.63, 3.8) is 0 Å². The Labute approximate surface area is 229 Å². The molecule has 0 spiro atoms. The molecule has 0 aliphatic carbocycles. The molecular weight excluding hydrogens is 475 g/mol. The fourth-order valence-electron chi connectivity index (χ4n) is 5.20. The van der Waals surface area contributed by atoms with Crippen LogP contribution in [0.25, 0.3) is 0 Å². The highest BCUT2D eigenvalue weighted by Gasteiger charge is 2.33. The SMILES string of the molecule is CCCCCCN(c1ccc(C(C)(C)CCC[SiH2]C(C)(C)O[SiH](C)C(C)(C)CCCO)cc1)C(C)C. The van der Waals surface area contributed by atoms with E-state index in [2.05, 4.69) is 98.0 Å². The molecule has 0 fully saturated rings. The second kappa shape index (κ2) is 15.7. The Morgan fingerprint density at radius 3 is 2.11 bits per heavy atom. The molecule has 0 saturated carbocycles. The number of nitrogens with zero attached hydrogens (tertiary/aromatic N) is 1. The second-order valence-corrected chi connectivity index (χ2v) is 19.3. The Hall–Kier alpha value is -0.626. The quantitative estimate of drug-likeness (QED) is 0.145. The molecule has 5 heteroatoms. The predicted octanol–water partition coefficient (Wildman–Crippen LogP) is 7.79. The maximum Gasteiger partial charge on any atom is 0.179 e. The molecule has 0 amide bonds. The highest BCUT2D eigenvalue weighted by Crippen LogP contribution is 2.36. The molecule has 1 aromatic carbocycles. The number of hydrogen-bond acceptors (Lipinski definition) is 3. The summed E-state index contributed by atoms with van der Waals surface area (Å²) in [5.41, 5.74) is 3.04. The van der Waals surface area contributed by atoms with Gasteiger partial charge in [0.15, 0.2) is 9.04 Å². The van der Waals surface area contributed by atoms with Crippen LogP contribution in [0.5, 0.6) is 0 Å². The van der Waals surface area contributed by atoms with Crippen LogP contribution in [-0.4, -0.2) is 48.1 Å². The van der Waals surface area contributed by atoms with Gasteiger partial charge >= 0.3 is 0 Å². The molecule has 0 aliphatic heterocycles. The van der Waals surface area contributed by atoms with Gasteiger partial charge < -0.3 is 14.4 Å². The van der Waals surface area contributed by atoms with Crippen LogP contribution in [0.15, 0.2) is 24.3 Å². The van der Waals surface area contributed by atoms with Crippen molar-refractivity contribution in [2.75, 3.05) is 18.1 Å². The average Bonchev–Trinajstić information content (AvgIpc) is 2.80. The lowest BCUT2D eigenvalue weighted by atomic mass is 9.80. The molecule has 36 heavy (non-hydrogen) atoms. The minimum atomic E-state index is -1.31. The lowest BCUT2D eigenvalue weighted by Gasteiger charge is -2.37. The van der Waals surface area contributed by atoms with Gasteiger partial charge in [0.2, 0.25) is 0 Å². The van der Waals surface area contributed by atoms with Gasteiger partial charge in [-0.2, -0.15) is 0 Å². The average molecular weight is 536 g/mol. The van der Waals surface area contributed by atoms with Crippen molar-refractivity contribution in [3.05, 3.63) is 29.8 Å². The van der Waals surface area contributed by atoms with Crippen molar-refractivity contribution in [1.29, 1.82) is 0 Å². The molecule has 0 aromatic heterocycles. The van der Waals surface area contributed by atoms with E-state index in [4.69, 9.17) is 4.43 Å². The molecule has 3 nitrogen and oxygen atoms in total. The normalized spacial score (nSPS) is 14.2. The van der Waals surface area contributed by atoms with Gasteiger partial charge in [0, 0.05) is 30.1 Å². The number of unbranched alkanes of at least 4 members (excludes halogenated alkanes) is 3. The summed E-state index contributed by atoms with van der Waals surface area (Å²) in [6, 6.07) is 11.3. The van der Waals surface area contributed by atoms with Gasteiger partial charge in [0.1, 0.15) is 0 Å². The van der Waals surface area contributed by atoms with E-state index in [1.807, 2.05) is 0 Å². The van der Waals surface area contributed by atoms with Crippen molar-refractivity contribution in [2.24, 2.45) is 0 Å². The van der Waals surface area contributed by atoms with Gasteiger partial charge in [0.25, 0.3) is 0 Å². The van der Waals surface area contributed by atoms with Crippen molar-refractivity contribution < 1.29 is 9.53 Å². The van der Waals surface area contributed by atoms with Crippen LogP contribution in [0.2, 0.25) is 17.6 Å². The van der Waals surface area contributed by atoms with Gasteiger partial charge in [-0.05, 0) is 88.1 Å². The Bertz CT molecular complexity index is 716. The number of benzene rings is 1. The van der Waals surface area contributed by atoms with E-state index >= 15 is 0 Å². The van der Waals surface area contributed by atoms with E-state index in [9.17, 15) is 5.11 Å². The molecule has 210 valence electrons. The van der Waals surface area contributed by atoms with Crippen LogP contribution in [-0.2, 0) is 9.84 Å². The van der Waals surface area contributed by atoms with E-state index in [0.29, 0.717) is 6.04 Å². The minimum Gasteiger partial charge on any atom is -0.418 e. The Morgan fingerprint density at radius 1 is 0.917 bits per heavy atom. The number of rotatable bonds is 19. The number of aliphatic hydroxyl groups is 1. The van der Waals surface area contributed by atoms with Gasteiger partial charge in [-0.1, -0.05) is 78.5 Å². The molecule has 1 N–H and O–H groups in total. The van der Waals surface area contributed by atoms with Crippen LogP contribution < -0.4 is 4.90 Å². The standard InChI is InChI=1S/C31H61NO2Si2/c1-11-12-13-14-23-32(26(2)3)28-19-17-27(18-20-28)29(4,5)21-16-25-35-31(8,9)34-36(10)30(6,7)22-15-24-33/h17-20,26,33,36H,11-16,21-25,35H2,1-10H3. The molecule has 0 heterocycles. The lowest BCUT2D eigenvalue weighted by Crippen LogP contribution is -2.42. The Kier molecular flexibility index (Phi) is 14.6. The highest BCUT2D eigenvalue weighted by molar-refractivity contribution is 6.55. The topological polar surface area (TPSA) is 32.7 Å². The van der Waals surface area contributed by atoms with Crippen molar-refractivity contribution in [2.45, 2.75) is 148 Å². The third-order valence-corrected chi connectivity index (χ3v) is 14.3. The third kappa shape index (κ3) is 11.8. The molecule has 1 rings (SSSR count). The monoisotopic (exact) mass is 535 g/mol. The summed E-state index contributed by atoms with van der Waals surface area (Å²) in [6.07, 6.45) is 9.72. The third-order valence-electron chi connectivity index (χ3n) is 8.26. The Morgan fingerprint density at radius 2 is 1.56 bits per heavy atom. The second-order valence-electron chi connectivity index (χ2n) is 13.3. The molecule has 0 bridgehead atoms. The minimum absolute atomic E-state index is 0.0748. The fraction of sp³-hybridized carbons (Fsp3) is 0.806. The summed E-state index contributed by atoms with van der Waals surface area (Å²) in [5.74, 6) is 0. The first kappa shape index (κ1) is 33.4. The zero-order chi connectivity index (χ0) is 27.4. The van der Waals surface area contributed by atoms with Crippen LogP contribution >= 0.6 is 0 Å². The predicted molar refractivity (Wildman–Crippen MR) is 167 cm³/mol. The molecule has 0 aliphatic rings. The van der Waals surface area contributed by atoms with E-state index in [-0.39, 0.29) is 31.8 Å². The van der Waals surface area contributed by atoms with Crippen molar-refractivity contribution in [3.8, 4) is 0 Å². The van der Waals surface area contributed by atoms with Gasteiger partial charge in [-0.15, -0.1) is 0 Å². The van der Waals surface area contributed by atoms with Crippen molar-refractivity contribution in [1.82, 2.24) is 0 Å². The Balaban J connectivity index is 2.60. The largest absolute Gasteiger partial charge is 0.418 e. The lowest BCUT2D eigenvalue weighted by molar-refractivity contribution is 0.179. The van der Waals surface area contributed by atoms with E-state index in [0.717, 1.165) is 19.4 Å². The maximum atomic E-state index is 9.22. The first-order valence-corrected chi connectivity index (χ1v) is 18.8. The molecule has 1 atom stereocenters. The number of aliphatic hydroxyl groups excluding tert-OH is 1. The summed E-state index contributed by atoms with van der Waals surface area (Å²) >= 11 is 0. The molecular formula is C31H61NO2Si2. The van der Waals surface area contributed by atoms with E-state index in [1.54, 1.807) is 0 Å². The zero-order valence-electron chi connectivity index (χ0n) is 25.8. The maximum absolute atomic E-state index is 9.22. The van der Waals surface area contributed by atoms with E-state index in [1.165, 1.54) is 55.8 Å². The molecule has 1 aromatic rings. The first-order chi connectivity index (χ1) is 16.8.